The molecule has 0 aliphatic heterocycles. The highest BCUT2D eigenvalue weighted by molar-refractivity contribution is 7.05. The van der Waals surface area contributed by atoms with Crippen LogP contribution in [0.2, 0.25) is 5.02 Å². The van der Waals surface area contributed by atoms with Crippen LogP contribution in [0, 0.1) is 0 Å². The van der Waals surface area contributed by atoms with Gasteiger partial charge in [0.2, 0.25) is 0 Å². The Balaban J connectivity index is 2.24. The molecule has 0 fully saturated rings. The molecule has 1 aromatic carbocycles. The first-order valence-electron chi connectivity index (χ1n) is 5.30. The van der Waals surface area contributed by atoms with Gasteiger partial charge < -0.3 is 4.74 Å². The van der Waals surface area contributed by atoms with Gasteiger partial charge >= 0.3 is 0 Å². The number of nitrogens with zero attached hydrogens (tertiary/aromatic N) is 2. The van der Waals surface area contributed by atoms with Gasteiger partial charge in [0.05, 0.1) is 24.2 Å². The number of ether oxygens (including phenoxy) is 1. The van der Waals surface area contributed by atoms with Gasteiger partial charge in [0.15, 0.2) is 0 Å². The van der Waals surface area contributed by atoms with Crippen LogP contribution in [0.5, 0.6) is 5.75 Å². The zero-order valence-electron chi connectivity index (χ0n) is 9.76. The lowest BCUT2D eigenvalue weighted by atomic mass is 10.0. The van der Waals surface area contributed by atoms with Gasteiger partial charge in [-0.25, -0.2) is 0 Å². The van der Waals surface area contributed by atoms with Crippen molar-refractivity contribution in [3.8, 4) is 5.75 Å². The number of hydrazine groups is 1. The number of benzene rings is 1. The number of nitrogens with two attached hydrogens (primary N) is 1. The molecule has 0 aliphatic carbocycles. The molecule has 1 aromatic heterocycles. The standard InChI is InChI=1S/C11H13ClN4OS/c1-17-10-3-2-8(12)4-7(10)5-9(15-13)11-6-14-16-18-11/h2-4,6,9,15H,5,13H2,1H3. The number of hydrogen-bond acceptors (Lipinski definition) is 6. The minimum absolute atomic E-state index is 0.0580. The molecule has 0 aliphatic rings. The van der Waals surface area contributed by atoms with E-state index in [2.05, 4.69) is 15.0 Å². The van der Waals surface area contributed by atoms with Crippen LogP contribution in [0.3, 0.4) is 0 Å². The predicted molar refractivity (Wildman–Crippen MR) is 71.7 cm³/mol. The largest absolute Gasteiger partial charge is 0.496 e. The Morgan fingerprint density at radius 1 is 1.56 bits per heavy atom. The Labute approximate surface area is 114 Å². The van der Waals surface area contributed by atoms with Crippen LogP contribution in [0.4, 0.5) is 0 Å². The van der Waals surface area contributed by atoms with Gasteiger partial charge in [-0.2, -0.15) is 0 Å². The molecule has 2 rings (SSSR count). The fourth-order valence-corrected chi connectivity index (χ4v) is 2.45. The molecule has 0 spiro atoms. The van der Waals surface area contributed by atoms with Crippen molar-refractivity contribution in [2.24, 2.45) is 5.84 Å². The number of aromatic nitrogens is 2. The first-order chi connectivity index (χ1) is 8.74. The Morgan fingerprint density at radius 2 is 2.39 bits per heavy atom. The molecule has 18 heavy (non-hydrogen) atoms. The van der Waals surface area contributed by atoms with E-state index in [1.165, 1.54) is 11.5 Å². The molecule has 0 bridgehead atoms. The van der Waals surface area contributed by atoms with Gasteiger partial charge in [-0.15, -0.1) is 5.10 Å². The molecule has 0 radical (unpaired) electrons. The molecular formula is C11H13ClN4OS. The van der Waals surface area contributed by atoms with Crippen LogP contribution in [0.25, 0.3) is 0 Å². The third-order valence-corrected chi connectivity index (χ3v) is 3.60. The number of halogens is 1. The lowest BCUT2D eigenvalue weighted by molar-refractivity contribution is 0.406. The number of nitrogens with one attached hydrogen (secondary N) is 1. The zero-order chi connectivity index (χ0) is 13.0. The first kappa shape index (κ1) is 13.2. The second-order valence-corrected chi connectivity index (χ2v) is 4.95. The molecule has 1 heterocycles. The number of methoxy groups -OCH3 is 1. The summed E-state index contributed by atoms with van der Waals surface area (Å²) in [5.74, 6) is 6.36. The van der Waals surface area contributed by atoms with Crippen LogP contribution >= 0.6 is 23.1 Å². The second-order valence-electron chi connectivity index (χ2n) is 3.70. The molecule has 0 saturated heterocycles. The normalized spacial score (nSPS) is 12.4. The van der Waals surface area contributed by atoms with E-state index in [-0.39, 0.29) is 6.04 Å². The van der Waals surface area contributed by atoms with Crippen LogP contribution in [-0.2, 0) is 6.42 Å². The quantitative estimate of drug-likeness (QED) is 0.648. The third-order valence-electron chi connectivity index (χ3n) is 2.59. The van der Waals surface area contributed by atoms with Crippen LogP contribution in [-0.4, -0.2) is 16.7 Å². The van der Waals surface area contributed by atoms with Crippen molar-refractivity contribution in [1.29, 1.82) is 0 Å². The molecule has 7 heteroatoms. The molecule has 0 amide bonds. The van der Waals surface area contributed by atoms with Crippen molar-refractivity contribution in [3.05, 3.63) is 39.9 Å². The minimum Gasteiger partial charge on any atom is -0.496 e. The maximum atomic E-state index is 6.00. The topological polar surface area (TPSA) is 73.1 Å². The lowest BCUT2D eigenvalue weighted by Gasteiger charge is -2.15. The van der Waals surface area contributed by atoms with Crippen molar-refractivity contribution in [2.45, 2.75) is 12.5 Å². The highest BCUT2D eigenvalue weighted by Crippen LogP contribution is 2.28. The molecule has 1 atom stereocenters. The highest BCUT2D eigenvalue weighted by atomic mass is 35.5. The number of rotatable bonds is 5. The molecule has 3 N–H and O–H groups in total. The zero-order valence-corrected chi connectivity index (χ0v) is 11.3. The van der Waals surface area contributed by atoms with E-state index >= 15 is 0 Å². The molecular weight excluding hydrogens is 272 g/mol. The van der Waals surface area contributed by atoms with Gasteiger partial charge in [0.25, 0.3) is 0 Å². The van der Waals surface area contributed by atoms with Gasteiger partial charge in [-0.05, 0) is 41.7 Å². The Kier molecular flexibility index (Phi) is 4.48. The summed E-state index contributed by atoms with van der Waals surface area (Å²) in [5.41, 5.74) is 3.74. The molecule has 2 aromatic rings. The average molecular weight is 285 g/mol. The van der Waals surface area contributed by atoms with Crippen molar-refractivity contribution in [3.63, 3.8) is 0 Å². The monoisotopic (exact) mass is 284 g/mol. The van der Waals surface area contributed by atoms with Gasteiger partial charge in [-0.1, -0.05) is 16.1 Å². The van der Waals surface area contributed by atoms with Crippen molar-refractivity contribution in [2.75, 3.05) is 7.11 Å². The Morgan fingerprint density at radius 3 is 3.00 bits per heavy atom. The van der Waals surface area contributed by atoms with E-state index in [0.29, 0.717) is 11.4 Å². The average Bonchev–Trinajstić information content (AvgIpc) is 2.90. The van der Waals surface area contributed by atoms with E-state index in [0.717, 1.165) is 16.2 Å². The maximum Gasteiger partial charge on any atom is 0.122 e. The summed E-state index contributed by atoms with van der Waals surface area (Å²) in [6, 6.07) is 5.45. The van der Waals surface area contributed by atoms with Crippen LogP contribution in [0.15, 0.2) is 24.4 Å². The van der Waals surface area contributed by atoms with Crippen molar-refractivity contribution in [1.82, 2.24) is 15.0 Å². The molecule has 5 nitrogen and oxygen atoms in total. The van der Waals surface area contributed by atoms with E-state index in [1.807, 2.05) is 12.1 Å². The second kappa shape index (κ2) is 6.10. The van der Waals surface area contributed by atoms with Crippen molar-refractivity contribution >= 4 is 23.1 Å². The van der Waals surface area contributed by atoms with Gasteiger partial charge in [0.1, 0.15) is 5.75 Å². The van der Waals surface area contributed by atoms with Crippen molar-refractivity contribution < 1.29 is 4.74 Å². The summed E-state index contributed by atoms with van der Waals surface area (Å²) < 4.78 is 9.14. The Bertz CT molecular complexity index is 506. The number of hydrogen-bond donors (Lipinski definition) is 2. The lowest BCUT2D eigenvalue weighted by Crippen LogP contribution is -2.29. The van der Waals surface area contributed by atoms with E-state index < -0.39 is 0 Å². The summed E-state index contributed by atoms with van der Waals surface area (Å²) >= 11 is 7.31. The molecule has 0 saturated carbocycles. The third kappa shape index (κ3) is 2.97. The van der Waals surface area contributed by atoms with Crippen LogP contribution < -0.4 is 16.0 Å². The summed E-state index contributed by atoms with van der Waals surface area (Å²) in [5, 5.41) is 4.48. The minimum atomic E-state index is -0.0580. The summed E-state index contributed by atoms with van der Waals surface area (Å²) in [4.78, 5) is 0.972. The summed E-state index contributed by atoms with van der Waals surface area (Å²) in [6.07, 6.45) is 2.36. The Hall–Kier alpha value is -1.21. The summed E-state index contributed by atoms with van der Waals surface area (Å²) in [6.45, 7) is 0. The van der Waals surface area contributed by atoms with Crippen LogP contribution in [0.1, 0.15) is 16.5 Å². The van der Waals surface area contributed by atoms with E-state index in [1.54, 1.807) is 19.4 Å². The van der Waals surface area contributed by atoms with E-state index in [4.69, 9.17) is 22.2 Å². The molecule has 1 unspecified atom stereocenters. The highest BCUT2D eigenvalue weighted by Gasteiger charge is 2.15. The van der Waals surface area contributed by atoms with E-state index in [9.17, 15) is 0 Å². The molecule has 96 valence electrons. The summed E-state index contributed by atoms with van der Waals surface area (Å²) in [7, 11) is 1.63. The fraction of sp³-hybridized carbons (Fsp3) is 0.273. The van der Waals surface area contributed by atoms with Gasteiger partial charge in [0, 0.05) is 5.02 Å². The predicted octanol–water partition coefficient (Wildman–Crippen LogP) is 1.95. The van der Waals surface area contributed by atoms with Gasteiger partial charge in [-0.3, -0.25) is 11.3 Å². The fourth-order valence-electron chi connectivity index (χ4n) is 1.70. The maximum absolute atomic E-state index is 6.00. The SMILES string of the molecule is COc1ccc(Cl)cc1CC(NN)c1cnns1. The smallest absolute Gasteiger partial charge is 0.122 e. The first-order valence-corrected chi connectivity index (χ1v) is 6.45.